The standard InChI is InChI=1S/C11H18BrNO/c1-11(2,3)8-13-7-6-9-4-5-10(12)14-9/h4-5,13H,6-8H2,1-3H3. The zero-order valence-corrected chi connectivity index (χ0v) is 10.6. The van der Waals surface area contributed by atoms with E-state index >= 15 is 0 Å². The fraction of sp³-hybridized carbons (Fsp3) is 0.636. The lowest BCUT2D eigenvalue weighted by Crippen LogP contribution is -2.28. The van der Waals surface area contributed by atoms with Gasteiger partial charge in [-0.3, -0.25) is 0 Å². The third kappa shape index (κ3) is 4.82. The highest BCUT2D eigenvalue weighted by Crippen LogP contribution is 2.14. The van der Waals surface area contributed by atoms with Gasteiger partial charge in [0.25, 0.3) is 0 Å². The van der Waals surface area contributed by atoms with E-state index in [0.29, 0.717) is 5.41 Å². The molecule has 3 heteroatoms. The molecular weight excluding hydrogens is 242 g/mol. The van der Waals surface area contributed by atoms with E-state index in [1.54, 1.807) is 0 Å². The van der Waals surface area contributed by atoms with Crippen LogP contribution in [0.3, 0.4) is 0 Å². The summed E-state index contributed by atoms with van der Waals surface area (Å²) in [6, 6.07) is 3.93. The van der Waals surface area contributed by atoms with Gasteiger partial charge in [0.2, 0.25) is 0 Å². The number of furan rings is 1. The molecule has 0 unspecified atom stereocenters. The Morgan fingerprint density at radius 3 is 2.57 bits per heavy atom. The largest absolute Gasteiger partial charge is 0.454 e. The summed E-state index contributed by atoms with van der Waals surface area (Å²) in [6.45, 7) is 8.68. The Bertz CT molecular complexity index is 275. The summed E-state index contributed by atoms with van der Waals surface area (Å²) in [6.07, 6.45) is 0.946. The van der Waals surface area contributed by atoms with Crippen molar-refractivity contribution in [1.29, 1.82) is 0 Å². The van der Waals surface area contributed by atoms with Gasteiger partial charge in [0.05, 0.1) is 0 Å². The van der Waals surface area contributed by atoms with E-state index in [2.05, 4.69) is 42.0 Å². The second kappa shape index (κ2) is 4.99. The average molecular weight is 260 g/mol. The van der Waals surface area contributed by atoms with E-state index in [1.165, 1.54) is 0 Å². The molecule has 0 aliphatic heterocycles. The summed E-state index contributed by atoms with van der Waals surface area (Å²) in [4.78, 5) is 0. The van der Waals surface area contributed by atoms with Crippen LogP contribution < -0.4 is 5.32 Å². The summed E-state index contributed by atoms with van der Waals surface area (Å²) >= 11 is 3.29. The summed E-state index contributed by atoms with van der Waals surface area (Å²) in [7, 11) is 0. The van der Waals surface area contributed by atoms with Gasteiger partial charge in [0, 0.05) is 19.5 Å². The van der Waals surface area contributed by atoms with Crippen molar-refractivity contribution in [1.82, 2.24) is 5.32 Å². The quantitative estimate of drug-likeness (QED) is 0.841. The normalized spacial score (nSPS) is 12.0. The minimum atomic E-state index is 0.351. The molecular formula is C11H18BrNO. The van der Waals surface area contributed by atoms with Crippen molar-refractivity contribution in [2.45, 2.75) is 27.2 Å². The molecule has 0 fully saturated rings. The Morgan fingerprint density at radius 1 is 1.36 bits per heavy atom. The molecule has 0 atom stereocenters. The predicted octanol–water partition coefficient (Wildman–Crippen LogP) is 3.22. The smallest absolute Gasteiger partial charge is 0.169 e. The number of rotatable bonds is 4. The van der Waals surface area contributed by atoms with Gasteiger partial charge in [-0.25, -0.2) is 0 Å². The molecule has 0 saturated carbocycles. The zero-order valence-electron chi connectivity index (χ0n) is 9.06. The minimum Gasteiger partial charge on any atom is -0.454 e. The van der Waals surface area contributed by atoms with Crippen LogP contribution in [0, 0.1) is 5.41 Å². The van der Waals surface area contributed by atoms with Crippen LogP contribution in [0.4, 0.5) is 0 Å². The van der Waals surface area contributed by atoms with Crippen LogP contribution >= 0.6 is 15.9 Å². The van der Waals surface area contributed by atoms with E-state index < -0.39 is 0 Å². The molecule has 1 aromatic rings. The van der Waals surface area contributed by atoms with Gasteiger partial charge < -0.3 is 9.73 Å². The van der Waals surface area contributed by atoms with E-state index in [0.717, 1.165) is 29.9 Å². The number of nitrogens with one attached hydrogen (secondary N) is 1. The van der Waals surface area contributed by atoms with E-state index in [9.17, 15) is 0 Å². The first-order valence-electron chi connectivity index (χ1n) is 4.92. The number of halogens is 1. The van der Waals surface area contributed by atoms with Crippen molar-refractivity contribution in [3.8, 4) is 0 Å². The van der Waals surface area contributed by atoms with Crippen molar-refractivity contribution in [3.63, 3.8) is 0 Å². The Hall–Kier alpha value is -0.280. The lowest BCUT2D eigenvalue weighted by Gasteiger charge is -2.18. The first kappa shape index (κ1) is 11.8. The molecule has 0 aliphatic rings. The molecule has 2 nitrogen and oxygen atoms in total. The van der Waals surface area contributed by atoms with Crippen LogP contribution in [-0.2, 0) is 6.42 Å². The third-order valence-corrected chi connectivity index (χ3v) is 2.26. The highest BCUT2D eigenvalue weighted by Gasteiger charge is 2.08. The highest BCUT2D eigenvalue weighted by molar-refractivity contribution is 9.10. The van der Waals surface area contributed by atoms with Gasteiger partial charge in [-0.2, -0.15) is 0 Å². The molecule has 0 radical (unpaired) electrons. The molecule has 0 spiro atoms. The van der Waals surface area contributed by atoms with E-state index in [4.69, 9.17) is 4.42 Å². The SMILES string of the molecule is CC(C)(C)CNCCc1ccc(Br)o1. The van der Waals surface area contributed by atoms with Crippen molar-refractivity contribution in [2.24, 2.45) is 5.41 Å². The summed E-state index contributed by atoms with van der Waals surface area (Å²) in [5.74, 6) is 1.03. The first-order chi connectivity index (χ1) is 6.47. The number of hydrogen-bond acceptors (Lipinski definition) is 2. The average Bonchev–Trinajstić information content (AvgIpc) is 2.44. The predicted molar refractivity (Wildman–Crippen MR) is 62.4 cm³/mol. The Kier molecular flexibility index (Phi) is 4.20. The molecule has 80 valence electrons. The third-order valence-electron chi connectivity index (χ3n) is 1.83. The molecule has 14 heavy (non-hydrogen) atoms. The molecule has 0 bridgehead atoms. The van der Waals surface area contributed by atoms with Gasteiger partial charge in [0.15, 0.2) is 4.67 Å². The molecule has 1 N–H and O–H groups in total. The van der Waals surface area contributed by atoms with Crippen LogP contribution in [0.15, 0.2) is 21.2 Å². The van der Waals surface area contributed by atoms with Crippen molar-refractivity contribution in [2.75, 3.05) is 13.1 Å². The molecule has 1 rings (SSSR count). The Balaban J connectivity index is 2.16. The van der Waals surface area contributed by atoms with E-state index in [1.807, 2.05) is 12.1 Å². The zero-order chi connectivity index (χ0) is 10.6. The molecule has 0 amide bonds. The van der Waals surface area contributed by atoms with Gasteiger partial charge >= 0.3 is 0 Å². The molecule has 0 aliphatic carbocycles. The van der Waals surface area contributed by atoms with Crippen molar-refractivity contribution in [3.05, 3.63) is 22.6 Å². The Labute approximate surface area is 94.2 Å². The second-order valence-corrected chi connectivity index (χ2v) is 5.47. The van der Waals surface area contributed by atoms with Crippen LogP contribution in [-0.4, -0.2) is 13.1 Å². The fourth-order valence-electron chi connectivity index (χ4n) is 1.16. The van der Waals surface area contributed by atoms with Gasteiger partial charge in [0.1, 0.15) is 5.76 Å². The summed E-state index contributed by atoms with van der Waals surface area (Å²) < 4.78 is 6.20. The van der Waals surface area contributed by atoms with Gasteiger partial charge in [-0.05, 0) is 33.5 Å². The maximum Gasteiger partial charge on any atom is 0.169 e. The minimum absolute atomic E-state index is 0.351. The maximum absolute atomic E-state index is 5.39. The summed E-state index contributed by atoms with van der Waals surface area (Å²) in [5, 5.41) is 3.41. The monoisotopic (exact) mass is 259 g/mol. The lowest BCUT2D eigenvalue weighted by atomic mass is 9.97. The molecule has 1 heterocycles. The topological polar surface area (TPSA) is 25.2 Å². The first-order valence-corrected chi connectivity index (χ1v) is 5.72. The van der Waals surface area contributed by atoms with Crippen LogP contribution in [0.5, 0.6) is 0 Å². The fourth-order valence-corrected chi connectivity index (χ4v) is 1.50. The summed E-state index contributed by atoms with van der Waals surface area (Å²) in [5.41, 5.74) is 0.351. The van der Waals surface area contributed by atoms with Crippen LogP contribution in [0.1, 0.15) is 26.5 Å². The highest BCUT2D eigenvalue weighted by atomic mass is 79.9. The Morgan fingerprint density at radius 2 is 2.07 bits per heavy atom. The molecule has 0 saturated heterocycles. The van der Waals surface area contributed by atoms with Crippen LogP contribution in [0.2, 0.25) is 0 Å². The maximum atomic E-state index is 5.39. The van der Waals surface area contributed by atoms with Gasteiger partial charge in [-0.15, -0.1) is 0 Å². The van der Waals surface area contributed by atoms with E-state index in [-0.39, 0.29) is 0 Å². The number of hydrogen-bond donors (Lipinski definition) is 1. The van der Waals surface area contributed by atoms with Crippen molar-refractivity contribution < 1.29 is 4.42 Å². The molecule has 1 aromatic heterocycles. The second-order valence-electron chi connectivity index (χ2n) is 4.69. The van der Waals surface area contributed by atoms with Gasteiger partial charge in [-0.1, -0.05) is 20.8 Å². The molecule has 0 aromatic carbocycles. The lowest BCUT2D eigenvalue weighted by molar-refractivity contribution is 0.376. The van der Waals surface area contributed by atoms with Crippen LogP contribution in [0.25, 0.3) is 0 Å². The van der Waals surface area contributed by atoms with Crippen molar-refractivity contribution >= 4 is 15.9 Å².